The molecule has 0 atom stereocenters. The minimum absolute atomic E-state index is 0.0758. The number of nitrogens with zero attached hydrogens (tertiary/aromatic N) is 4. The predicted octanol–water partition coefficient (Wildman–Crippen LogP) is 8.66. The van der Waals surface area contributed by atoms with Crippen LogP contribution in [0.15, 0.2) is 151 Å². The van der Waals surface area contributed by atoms with Gasteiger partial charge in [0, 0.05) is 59.9 Å². The molecule has 4 amide bonds. The number of imide groups is 1. The van der Waals surface area contributed by atoms with E-state index in [1.807, 2.05) is 67.6 Å². The molecule has 1 aliphatic rings. The van der Waals surface area contributed by atoms with Gasteiger partial charge in [-0.15, -0.1) is 0 Å². The Kier molecular flexibility index (Phi) is 17.0. The van der Waals surface area contributed by atoms with E-state index in [0.29, 0.717) is 72.6 Å². The van der Waals surface area contributed by atoms with Crippen molar-refractivity contribution in [3.05, 3.63) is 190 Å². The fraction of sp³-hybridized carbons (Fsp3) is 0.145. The summed E-state index contributed by atoms with van der Waals surface area (Å²) in [7, 11) is 8.55. The van der Waals surface area contributed by atoms with Crippen LogP contribution in [0.1, 0.15) is 77.5 Å². The predicted molar refractivity (Wildman–Crippen MR) is 273 cm³/mol. The van der Waals surface area contributed by atoms with E-state index in [9.17, 15) is 33.9 Å². The van der Waals surface area contributed by atoms with Crippen LogP contribution in [0.3, 0.4) is 0 Å². The summed E-state index contributed by atoms with van der Waals surface area (Å²) in [6, 6.07) is 42.2. The monoisotopic (exact) mass is 972 g/mol. The topological polar surface area (TPSA) is 223 Å². The molecule has 0 saturated carbocycles. The van der Waals surface area contributed by atoms with Crippen molar-refractivity contribution in [3.63, 3.8) is 0 Å². The van der Waals surface area contributed by atoms with Gasteiger partial charge in [0.2, 0.25) is 5.91 Å². The number of methoxy groups -OCH3 is 2. The number of carbonyl (C=O) groups is 6. The molecule has 368 valence electrons. The lowest BCUT2D eigenvalue weighted by molar-refractivity contribution is -0.122. The number of ether oxygens (including phenoxy) is 2. The van der Waals surface area contributed by atoms with Gasteiger partial charge in [0.05, 0.1) is 67.8 Å². The third kappa shape index (κ3) is 11.6. The zero-order chi connectivity index (χ0) is 52.2. The van der Waals surface area contributed by atoms with Crippen molar-refractivity contribution in [3.8, 4) is 5.88 Å². The number of aromatic hydroxyl groups is 1. The molecule has 0 spiro atoms. The molecule has 0 unspecified atom stereocenters. The SMILES string of the molecule is COC(=O)c1ccc2c(C(=Nc3ccc(C(=O)N(C)OC)cc3)c3ccccc3)c(O)[nH]c2c1.COC(=O)c1ccc2c(c1)N(C(C)=O)C(=O)/C2=C(/C)c1ccccc1.CON(C)C(=O)c1ccc(N)cc1. The van der Waals surface area contributed by atoms with Crippen molar-refractivity contribution in [1.82, 2.24) is 15.1 Å². The zero-order valence-corrected chi connectivity index (χ0v) is 40.8. The van der Waals surface area contributed by atoms with E-state index in [1.54, 1.807) is 85.9 Å². The lowest BCUT2D eigenvalue weighted by Crippen LogP contribution is -2.31. The van der Waals surface area contributed by atoms with Crippen molar-refractivity contribution in [2.45, 2.75) is 13.8 Å². The molecule has 72 heavy (non-hydrogen) atoms. The third-order valence-corrected chi connectivity index (χ3v) is 11.4. The third-order valence-electron chi connectivity index (χ3n) is 11.4. The first-order valence-corrected chi connectivity index (χ1v) is 22.0. The summed E-state index contributed by atoms with van der Waals surface area (Å²) in [5.41, 5.74) is 13.9. The molecular formula is C55H52N6O11. The Morgan fingerprint density at radius 2 is 1.10 bits per heavy atom. The molecule has 0 radical (unpaired) electrons. The summed E-state index contributed by atoms with van der Waals surface area (Å²) in [6.07, 6.45) is 0. The van der Waals surface area contributed by atoms with E-state index in [2.05, 4.69) is 4.98 Å². The normalized spacial score (nSPS) is 12.4. The Morgan fingerprint density at radius 1 is 0.611 bits per heavy atom. The Bertz CT molecular complexity index is 3200. The number of nitrogens with two attached hydrogens (primary N) is 1. The number of hydrogen-bond acceptors (Lipinski definition) is 13. The summed E-state index contributed by atoms with van der Waals surface area (Å²) in [5.74, 6) is -2.32. The quantitative estimate of drug-likeness (QED) is 0.0385. The minimum Gasteiger partial charge on any atom is -0.494 e. The lowest BCUT2D eigenvalue weighted by atomic mass is 9.96. The van der Waals surface area contributed by atoms with Crippen LogP contribution in [0, 0.1) is 0 Å². The minimum atomic E-state index is -0.518. The number of nitrogen functional groups attached to an aromatic ring is 1. The number of H-pyrrole nitrogens is 1. The van der Waals surface area contributed by atoms with E-state index in [1.165, 1.54) is 48.5 Å². The largest absolute Gasteiger partial charge is 0.494 e. The van der Waals surface area contributed by atoms with Gasteiger partial charge in [-0.05, 0) is 90.9 Å². The van der Waals surface area contributed by atoms with Gasteiger partial charge in [0.15, 0.2) is 5.88 Å². The fourth-order valence-corrected chi connectivity index (χ4v) is 7.51. The second-order valence-electron chi connectivity index (χ2n) is 15.8. The lowest BCUT2D eigenvalue weighted by Gasteiger charge is -2.13. The molecule has 0 aliphatic carbocycles. The highest BCUT2D eigenvalue weighted by Gasteiger charge is 2.37. The van der Waals surface area contributed by atoms with Crippen LogP contribution >= 0.6 is 0 Å². The number of amides is 4. The zero-order valence-electron chi connectivity index (χ0n) is 40.8. The number of allylic oxidation sites excluding steroid dienone is 1. The van der Waals surface area contributed by atoms with Gasteiger partial charge in [-0.3, -0.25) is 28.9 Å². The number of esters is 2. The van der Waals surface area contributed by atoms with Gasteiger partial charge >= 0.3 is 11.9 Å². The highest BCUT2D eigenvalue weighted by molar-refractivity contribution is 6.43. The van der Waals surface area contributed by atoms with Gasteiger partial charge in [-0.1, -0.05) is 72.8 Å². The molecule has 2 heterocycles. The van der Waals surface area contributed by atoms with Crippen LogP contribution in [0.2, 0.25) is 0 Å². The molecule has 8 rings (SSSR count). The molecule has 0 bridgehead atoms. The van der Waals surface area contributed by atoms with Crippen LogP contribution in [0.5, 0.6) is 5.88 Å². The first-order valence-electron chi connectivity index (χ1n) is 22.0. The molecule has 17 nitrogen and oxygen atoms in total. The van der Waals surface area contributed by atoms with E-state index >= 15 is 0 Å². The van der Waals surface area contributed by atoms with Crippen LogP contribution in [0.4, 0.5) is 17.1 Å². The van der Waals surface area contributed by atoms with Crippen LogP contribution < -0.4 is 10.6 Å². The number of nitrogens with one attached hydrogen (secondary N) is 1. The summed E-state index contributed by atoms with van der Waals surface area (Å²) < 4.78 is 9.52. The van der Waals surface area contributed by atoms with Crippen molar-refractivity contribution >= 4 is 80.4 Å². The first-order chi connectivity index (χ1) is 34.5. The van der Waals surface area contributed by atoms with Gasteiger partial charge in [0.25, 0.3) is 17.7 Å². The second-order valence-corrected chi connectivity index (χ2v) is 15.8. The van der Waals surface area contributed by atoms with E-state index in [0.717, 1.165) is 31.7 Å². The highest BCUT2D eigenvalue weighted by atomic mass is 16.7. The average Bonchev–Trinajstić information content (AvgIpc) is 3.90. The summed E-state index contributed by atoms with van der Waals surface area (Å²) >= 11 is 0. The smallest absolute Gasteiger partial charge is 0.337 e. The standard InChI is InChI=1S/C26H23N3O5.C20H17NO4.C9H12N2O2/c1-29(34-3)25(31)17-9-12-19(13-10-17)27-23(16-7-5-4-6-8-16)22-20-14-11-18(26(32)33-2)15-21(20)28-24(22)30;1-12(14-7-5-4-6-8-14)18-16-10-9-15(20(24)25-3)11-17(16)21(13(2)22)19(18)23;1-11(13-2)9(12)7-3-5-8(10)6-4-7/h4-15,28,30H,1-3H3;4-11H,1-3H3;3-6H,10H2,1-2H3/b;18-12-;. The Labute approximate surface area is 415 Å². The number of hydroxylamine groups is 4. The second kappa shape index (κ2) is 23.4. The van der Waals surface area contributed by atoms with E-state index in [4.69, 9.17) is 29.9 Å². The fourth-order valence-electron chi connectivity index (χ4n) is 7.51. The maximum Gasteiger partial charge on any atom is 0.337 e. The molecule has 0 saturated heterocycles. The van der Waals surface area contributed by atoms with E-state index < -0.39 is 17.8 Å². The highest BCUT2D eigenvalue weighted by Crippen LogP contribution is 2.41. The number of aromatic nitrogens is 1. The van der Waals surface area contributed by atoms with Crippen molar-refractivity contribution < 1.29 is 53.0 Å². The van der Waals surface area contributed by atoms with Gasteiger partial charge in [0.1, 0.15) is 0 Å². The maximum atomic E-state index is 12.9. The number of carbonyl (C=O) groups excluding carboxylic acids is 6. The van der Waals surface area contributed by atoms with Crippen molar-refractivity contribution in [2.24, 2.45) is 4.99 Å². The van der Waals surface area contributed by atoms with E-state index in [-0.39, 0.29) is 23.6 Å². The number of benzene rings is 6. The first kappa shape index (κ1) is 52.2. The Morgan fingerprint density at radius 3 is 1.61 bits per heavy atom. The number of rotatable bonds is 10. The van der Waals surface area contributed by atoms with Crippen LogP contribution in [-0.2, 0) is 28.7 Å². The number of fused-ring (bicyclic) bond motifs is 2. The summed E-state index contributed by atoms with van der Waals surface area (Å²) in [6.45, 7) is 3.18. The number of aromatic amines is 1. The average molecular weight is 973 g/mol. The number of aliphatic imine (C=N–C) groups is 1. The Balaban J connectivity index is 0.000000195. The van der Waals surface area contributed by atoms with Crippen LogP contribution in [0.25, 0.3) is 22.0 Å². The molecule has 17 heteroatoms. The van der Waals surface area contributed by atoms with Gasteiger partial charge < -0.3 is 25.3 Å². The molecule has 0 fully saturated rings. The number of anilines is 2. The Hall–Kier alpha value is -9.19. The van der Waals surface area contributed by atoms with Gasteiger partial charge in [-0.2, -0.15) is 0 Å². The maximum absolute atomic E-state index is 12.9. The molecule has 1 aromatic heterocycles. The summed E-state index contributed by atoms with van der Waals surface area (Å²) in [4.78, 5) is 90.9. The van der Waals surface area contributed by atoms with Crippen molar-refractivity contribution in [1.29, 1.82) is 0 Å². The van der Waals surface area contributed by atoms with Gasteiger partial charge in [-0.25, -0.2) is 29.6 Å². The number of hydrogen-bond donors (Lipinski definition) is 3. The molecule has 7 aromatic rings. The molecular weight excluding hydrogens is 921 g/mol. The molecule has 1 aliphatic heterocycles. The molecule has 4 N–H and O–H groups in total. The van der Waals surface area contributed by atoms with Crippen molar-refractivity contribution in [2.75, 3.05) is 53.2 Å². The molecule has 6 aromatic carbocycles. The van der Waals surface area contributed by atoms with Crippen LogP contribution in [-0.4, -0.2) is 104 Å². The summed E-state index contributed by atoms with van der Waals surface area (Å²) in [5, 5.41) is 13.8.